The SMILES string of the molecule is CCCCCCC1(CCCCCC)c2cc(-c3cc4c(s3)C(=C(C#N)C#N)C(F)(F)C4=C(C#N)C#N)sc2-c2sc(-c3cc4c(s3)C(=C(C#N)C#N)C(F)(F)C4=C(C#N)C#N)cc21. The second-order valence-corrected chi connectivity index (χ2v) is 19.4. The second-order valence-electron chi connectivity index (χ2n) is 15.2. The van der Waals surface area contributed by atoms with Gasteiger partial charge in [-0.25, -0.2) is 0 Å². The number of hydrogen-bond donors (Lipinski definition) is 0. The molecule has 16 heteroatoms. The van der Waals surface area contributed by atoms with Crippen LogP contribution in [0.5, 0.6) is 0 Å². The predicted octanol–water partition coefficient (Wildman–Crippen LogP) is 14.0. The number of rotatable bonds is 12. The summed E-state index contributed by atoms with van der Waals surface area (Å²) >= 11 is 4.81. The highest BCUT2D eigenvalue weighted by Gasteiger charge is 2.55. The summed E-state index contributed by atoms with van der Waals surface area (Å²) in [4.78, 5) is 4.31. The standard InChI is InChI=1S/C47H30F4N8S4/c1-3-5-7-9-11-45(12-10-8-6-4-2)31-15-35(33-13-29-37(25(17-52)18-53)46(48,49)39(41(29)60-33)27(21-56)22-57)62-43(31)44-32(45)16-36(63-44)34-14-30-38(26(19-54)20-55)47(50,51)40(42(30)61-34)28(23-58)24-59/h13-16H,3-12H2,1-2H3. The number of nitriles is 8. The van der Waals surface area contributed by atoms with Crippen LogP contribution in [0.2, 0.25) is 0 Å². The van der Waals surface area contributed by atoms with Gasteiger partial charge < -0.3 is 0 Å². The molecule has 0 unspecified atom stereocenters. The molecule has 310 valence electrons. The largest absolute Gasteiger partial charge is 0.304 e. The maximum absolute atomic E-state index is 16.0. The van der Waals surface area contributed by atoms with E-state index >= 15 is 17.6 Å². The van der Waals surface area contributed by atoms with Gasteiger partial charge in [0.2, 0.25) is 0 Å². The first-order valence-electron chi connectivity index (χ1n) is 19.9. The molecule has 0 radical (unpaired) electrons. The molecule has 0 saturated heterocycles. The molecule has 0 spiro atoms. The molecule has 3 aliphatic rings. The Morgan fingerprint density at radius 2 is 0.730 bits per heavy atom. The molecule has 0 amide bonds. The summed E-state index contributed by atoms with van der Waals surface area (Å²) in [6.07, 6.45) is 9.45. The molecule has 4 aromatic heterocycles. The van der Waals surface area contributed by atoms with E-state index in [1.807, 2.05) is 0 Å². The third-order valence-electron chi connectivity index (χ3n) is 11.7. The van der Waals surface area contributed by atoms with E-state index < -0.39 is 61.8 Å². The lowest BCUT2D eigenvalue weighted by Crippen LogP contribution is -2.25. The lowest BCUT2D eigenvalue weighted by molar-refractivity contribution is 0.138. The number of fused-ring (bicyclic) bond motifs is 5. The summed E-state index contributed by atoms with van der Waals surface area (Å²) in [6, 6.07) is 19.7. The van der Waals surface area contributed by atoms with E-state index in [1.54, 1.807) is 48.6 Å². The Kier molecular flexibility index (Phi) is 12.2. The molecule has 0 aliphatic heterocycles. The average molecular weight is 911 g/mol. The molecular formula is C47H30F4N8S4. The van der Waals surface area contributed by atoms with Crippen molar-refractivity contribution in [3.05, 3.63) is 78.6 Å². The van der Waals surface area contributed by atoms with Crippen LogP contribution in [-0.4, -0.2) is 11.8 Å². The van der Waals surface area contributed by atoms with Crippen molar-refractivity contribution in [3.8, 4) is 77.8 Å². The topological polar surface area (TPSA) is 190 Å². The Hall–Kier alpha value is -6.60. The van der Waals surface area contributed by atoms with Gasteiger partial charge in [0.1, 0.15) is 70.8 Å². The molecule has 8 nitrogen and oxygen atoms in total. The van der Waals surface area contributed by atoms with Crippen LogP contribution in [0.25, 0.3) is 51.6 Å². The van der Waals surface area contributed by atoms with Crippen molar-refractivity contribution in [1.82, 2.24) is 0 Å². The number of halogens is 4. The molecule has 0 atom stereocenters. The van der Waals surface area contributed by atoms with Crippen LogP contribution in [0.3, 0.4) is 0 Å². The summed E-state index contributed by atoms with van der Waals surface area (Å²) in [7, 11) is 0. The number of allylic oxidation sites excluding steroid dienone is 8. The van der Waals surface area contributed by atoms with Crippen LogP contribution in [0.4, 0.5) is 17.6 Å². The minimum Gasteiger partial charge on any atom is -0.196 e. The molecular weight excluding hydrogens is 881 g/mol. The second kappa shape index (κ2) is 17.3. The maximum atomic E-state index is 16.0. The van der Waals surface area contributed by atoms with Crippen molar-refractivity contribution in [1.29, 1.82) is 42.1 Å². The lowest BCUT2D eigenvalue weighted by Gasteiger charge is -2.31. The summed E-state index contributed by atoms with van der Waals surface area (Å²) in [5.41, 5.74) is -5.15. The Labute approximate surface area is 377 Å². The zero-order valence-electron chi connectivity index (χ0n) is 33.6. The monoisotopic (exact) mass is 910 g/mol. The van der Waals surface area contributed by atoms with Crippen LogP contribution in [0.15, 0.2) is 46.6 Å². The summed E-state index contributed by atoms with van der Waals surface area (Å²) in [5.74, 6) is -7.87. The molecule has 3 aliphatic carbocycles. The molecule has 0 aromatic carbocycles. The smallest absolute Gasteiger partial charge is 0.196 e. The van der Waals surface area contributed by atoms with Gasteiger partial charge in [-0.3, -0.25) is 0 Å². The van der Waals surface area contributed by atoms with Crippen LogP contribution >= 0.6 is 45.3 Å². The molecule has 0 bridgehead atoms. The lowest BCUT2D eigenvalue weighted by atomic mass is 9.71. The molecule has 7 rings (SSSR count). The zero-order valence-corrected chi connectivity index (χ0v) is 36.9. The third kappa shape index (κ3) is 6.89. The van der Waals surface area contributed by atoms with E-state index in [0.717, 1.165) is 118 Å². The normalized spacial score (nSPS) is 15.3. The Morgan fingerprint density at radius 3 is 1.05 bits per heavy atom. The highest BCUT2D eigenvalue weighted by atomic mass is 32.1. The Balaban J connectivity index is 1.45. The van der Waals surface area contributed by atoms with Crippen LogP contribution in [0, 0.1) is 90.6 Å². The molecule has 0 fully saturated rings. The van der Waals surface area contributed by atoms with Gasteiger partial charge in [-0.2, -0.15) is 59.7 Å². The minimum absolute atomic E-state index is 0.0609. The first-order chi connectivity index (χ1) is 30.3. The van der Waals surface area contributed by atoms with E-state index in [-0.39, 0.29) is 20.9 Å². The maximum Gasteiger partial charge on any atom is 0.304 e. The van der Waals surface area contributed by atoms with Crippen molar-refractivity contribution < 1.29 is 17.6 Å². The summed E-state index contributed by atoms with van der Waals surface area (Å²) in [6.45, 7) is 4.26. The predicted molar refractivity (Wildman–Crippen MR) is 235 cm³/mol. The number of unbranched alkanes of at least 4 members (excludes halogenated alkanes) is 6. The first kappa shape index (κ1) is 44.5. The molecule has 4 heterocycles. The van der Waals surface area contributed by atoms with Crippen molar-refractivity contribution in [2.45, 2.75) is 95.3 Å². The van der Waals surface area contributed by atoms with Crippen LogP contribution in [-0.2, 0) is 5.41 Å². The number of hydrogen-bond acceptors (Lipinski definition) is 12. The highest BCUT2D eigenvalue weighted by Crippen LogP contribution is 2.65. The Morgan fingerprint density at radius 1 is 0.429 bits per heavy atom. The first-order valence-corrected chi connectivity index (χ1v) is 23.1. The van der Waals surface area contributed by atoms with E-state index in [9.17, 15) is 42.1 Å². The van der Waals surface area contributed by atoms with Gasteiger partial charge in [-0.15, -0.1) is 45.3 Å². The number of nitrogens with zero attached hydrogens (tertiary/aromatic N) is 8. The molecule has 4 aromatic rings. The van der Waals surface area contributed by atoms with E-state index in [2.05, 4.69) is 26.0 Å². The van der Waals surface area contributed by atoms with Gasteiger partial charge in [0.05, 0.1) is 22.3 Å². The average Bonchev–Trinajstić information content (AvgIpc) is 4.14. The fraction of sp³-hybridized carbons (Fsp3) is 0.319. The van der Waals surface area contributed by atoms with Gasteiger partial charge in [0.25, 0.3) is 0 Å². The molecule has 0 saturated carbocycles. The van der Waals surface area contributed by atoms with Gasteiger partial charge in [0, 0.05) is 55.6 Å². The fourth-order valence-corrected chi connectivity index (χ4v) is 14.2. The quantitative estimate of drug-likeness (QED) is 0.0761. The zero-order chi connectivity index (χ0) is 45.4. The van der Waals surface area contributed by atoms with Gasteiger partial charge in [0.15, 0.2) is 0 Å². The summed E-state index contributed by atoms with van der Waals surface area (Å²) in [5, 5.41) is 77.7. The van der Waals surface area contributed by atoms with Crippen LogP contribution in [0.1, 0.15) is 110 Å². The molecule has 0 N–H and O–H groups in total. The van der Waals surface area contributed by atoms with Crippen molar-refractivity contribution >= 4 is 67.6 Å². The van der Waals surface area contributed by atoms with Crippen molar-refractivity contribution in [2.75, 3.05) is 0 Å². The number of thiophene rings is 4. The molecule has 63 heavy (non-hydrogen) atoms. The third-order valence-corrected chi connectivity index (χ3v) is 16.8. The van der Waals surface area contributed by atoms with Gasteiger partial charge in [-0.05, 0) is 48.2 Å². The van der Waals surface area contributed by atoms with Gasteiger partial charge >= 0.3 is 11.8 Å². The highest BCUT2D eigenvalue weighted by molar-refractivity contribution is 7.29. The van der Waals surface area contributed by atoms with E-state index in [1.165, 1.54) is 34.8 Å². The number of alkyl halides is 4. The van der Waals surface area contributed by atoms with Crippen molar-refractivity contribution in [2.24, 2.45) is 0 Å². The minimum atomic E-state index is -3.94. The summed E-state index contributed by atoms with van der Waals surface area (Å²) < 4.78 is 64.2. The Bertz CT molecular complexity index is 2700. The van der Waals surface area contributed by atoms with E-state index in [4.69, 9.17) is 0 Å². The fourth-order valence-electron chi connectivity index (χ4n) is 8.90. The van der Waals surface area contributed by atoms with Crippen molar-refractivity contribution in [3.63, 3.8) is 0 Å². The van der Waals surface area contributed by atoms with Gasteiger partial charge in [-0.1, -0.05) is 65.2 Å². The van der Waals surface area contributed by atoms with Crippen LogP contribution < -0.4 is 0 Å². The van der Waals surface area contributed by atoms with E-state index in [0.29, 0.717) is 9.75 Å².